The summed E-state index contributed by atoms with van der Waals surface area (Å²) >= 11 is 0. The Hall–Kier alpha value is -0.860. The third-order valence-electron chi connectivity index (χ3n) is 5.86. The molecule has 6 heteroatoms. The van der Waals surface area contributed by atoms with Gasteiger partial charge in [0.1, 0.15) is 0 Å². The minimum atomic E-state index is 0. The number of guanidine groups is 1. The van der Waals surface area contributed by atoms with E-state index in [0.717, 1.165) is 64.1 Å². The van der Waals surface area contributed by atoms with Crippen molar-refractivity contribution >= 4 is 29.9 Å². The molecule has 0 aliphatic carbocycles. The first-order chi connectivity index (χ1) is 12.6. The van der Waals surface area contributed by atoms with Crippen molar-refractivity contribution in [1.82, 2.24) is 14.7 Å². The van der Waals surface area contributed by atoms with Crippen molar-refractivity contribution in [2.24, 2.45) is 16.6 Å². The molecule has 2 N–H and O–H groups in total. The summed E-state index contributed by atoms with van der Waals surface area (Å²) in [5, 5.41) is 0. The molecular formula is C21H36IN5. The number of rotatable bonds is 5. The summed E-state index contributed by atoms with van der Waals surface area (Å²) < 4.78 is 0. The van der Waals surface area contributed by atoms with E-state index in [1.54, 1.807) is 0 Å². The van der Waals surface area contributed by atoms with Gasteiger partial charge in [-0.1, -0.05) is 37.3 Å². The Bertz CT molecular complexity index is 571. The van der Waals surface area contributed by atoms with Crippen LogP contribution in [-0.4, -0.2) is 73.5 Å². The van der Waals surface area contributed by atoms with E-state index < -0.39 is 0 Å². The van der Waals surface area contributed by atoms with Crippen LogP contribution in [0.4, 0.5) is 0 Å². The van der Waals surface area contributed by atoms with Gasteiger partial charge in [-0.05, 0) is 37.8 Å². The zero-order valence-electron chi connectivity index (χ0n) is 16.9. The summed E-state index contributed by atoms with van der Waals surface area (Å²) in [5.74, 6) is 1.57. The van der Waals surface area contributed by atoms with Gasteiger partial charge in [-0.2, -0.15) is 0 Å². The predicted octanol–water partition coefficient (Wildman–Crippen LogP) is 3.03. The average molecular weight is 485 g/mol. The zero-order valence-corrected chi connectivity index (χ0v) is 19.2. The summed E-state index contributed by atoms with van der Waals surface area (Å²) in [5.41, 5.74) is 7.63. The van der Waals surface area contributed by atoms with E-state index in [-0.39, 0.29) is 24.0 Å². The number of piperidine rings is 1. The van der Waals surface area contributed by atoms with Gasteiger partial charge in [-0.3, -0.25) is 9.89 Å². The molecule has 3 rings (SSSR count). The molecule has 0 saturated carbocycles. The van der Waals surface area contributed by atoms with Crippen LogP contribution >= 0.6 is 24.0 Å². The van der Waals surface area contributed by atoms with Crippen molar-refractivity contribution in [3.8, 4) is 0 Å². The molecule has 0 bridgehead atoms. The summed E-state index contributed by atoms with van der Waals surface area (Å²) in [7, 11) is 2.22. The normalized spacial score (nSPS) is 23.3. The molecule has 2 heterocycles. The van der Waals surface area contributed by atoms with E-state index >= 15 is 0 Å². The van der Waals surface area contributed by atoms with Crippen molar-refractivity contribution in [2.75, 3.05) is 52.9 Å². The largest absolute Gasteiger partial charge is 0.370 e. The summed E-state index contributed by atoms with van der Waals surface area (Å²) in [4.78, 5) is 12.0. The van der Waals surface area contributed by atoms with Gasteiger partial charge in [0.25, 0.3) is 0 Å². The monoisotopic (exact) mass is 485 g/mol. The fraction of sp³-hybridized carbons (Fsp3) is 0.667. The maximum absolute atomic E-state index is 6.21. The van der Waals surface area contributed by atoms with Crippen molar-refractivity contribution in [2.45, 2.75) is 32.2 Å². The van der Waals surface area contributed by atoms with Gasteiger partial charge in [-0.15, -0.1) is 24.0 Å². The van der Waals surface area contributed by atoms with Gasteiger partial charge in [-0.25, -0.2) is 0 Å². The van der Waals surface area contributed by atoms with Crippen LogP contribution in [-0.2, 0) is 0 Å². The topological polar surface area (TPSA) is 48.1 Å². The van der Waals surface area contributed by atoms with Crippen LogP contribution < -0.4 is 5.73 Å². The number of likely N-dealkylation sites (N-methyl/N-ethyl adjacent to an activating group) is 1. The highest BCUT2D eigenvalue weighted by atomic mass is 127. The van der Waals surface area contributed by atoms with Gasteiger partial charge >= 0.3 is 0 Å². The molecule has 0 amide bonds. The SMILES string of the molecule is CC1CCN(C(N)=NCCCN2CCN(C)CC2c2ccccc2)CC1.I. The van der Waals surface area contributed by atoms with Gasteiger partial charge < -0.3 is 15.5 Å². The molecule has 5 nitrogen and oxygen atoms in total. The Kier molecular flexibility index (Phi) is 9.32. The molecule has 152 valence electrons. The number of nitrogens with zero attached hydrogens (tertiary/aromatic N) is 4. The number of nitrogens with two attached hydrogens (primary N) is 1. The Morgan fingerprint density at radius 3 is 2.52 bits per heavy atom. The van der Waals surface area contributed by atoms with Crippen molar-refractivity contribution in [3.63, 3.8) is 0 Å². The molecule has 1 aromatic rings. The second-order valence-electron chi connectivity index (χ2n) is 7.99. The smallest absolute Gasteiger partial charge is 0.191 e. The Labute approximate surface area is 182 Å². The Balaban J connectivity index is 0.00000261. The number of hydrogen-bond acceptors (Lipinski definition) is 3. The minimum Gasteiger partial charge on any atom is -0.370 e. The first-order valence-electron chi connectivity index (χ1n) is 10.2. The number of likely N-dealkylation sites (tertiary alicyclic amines) is 1. The lowest BCUT2D eigenvalue weighted by molar-refractivity contribution is 0.0894. The zero-order chi connectivity index (χ0) is 18.4. The van der Waals surface area contributed by atoms with E-state index in [2.05, 4.69) is 64.0 Å². The maximum Gasteiger partial charge on any atom is 0.191 e. The van der Waals surface area contributed by atoms with Crippen LogP contribution in [0.5, 0.6) is 0 Å². The molecular weight excluding hydrogens is 449 g/mol. The first kappa shape index (κ1) is 22.4. The fourth-order valence-corrected chi connectivity index (χ4v) is 4.02. The molecule has 1 atom stereocenters. The lowest BCUT2D eigenvalue weighted by Gasteiger charge is -2.40. The number of benzene rings is 1. The lowest BCUT2D eigenvalue weighted by atomic mass is 10.00. The molecule has 0 aromatic heterocycles. The second-order valence-corrected chi connectivity index (χ2v) is 7.99. The highest BCUT2D eigenvalue weighted by Crippen LogP contribution is 2.24. The van der Waals surface area contributed by atoms with Crippen LogP contribution in [0.2, 0.25) is 0 Å². The van der Waals surface area contributed by atoms with Crippen LogP contribution in [0.15, 0.2) is 35.3 Å². The quantitative estimate of drug-likeness (QED) is 0.302. The summed E-state index contributed by atoms with van der Waals surface area (Å²) in [6.07, 6.45) is 3.53. The van der Waals surface area contributed by atoms with Crippen LogP contribution in [0, 0.1) is 5.92 Å². The third kappa shape index (κ3) is 6.61. The maximum atomic E-state index is 6.21. The molecule has 2 saturated heterocycles. The van der Waals surface area contributed by atoms with E-state index in [1.807, 2.05) is 0 Å². The predicted molar refractivity (Wildman–Crippen MR) is 125 cm³/mol. The van der Waals surface area contributed by atoms with E-state index in [4.69, 9.17) is 5.73 Å². The Morgan fingerprint density at radius 1 is 1.11 bits per heavy atom. The van der Waals surface area contributed by atoms with Crippen molar-refractivity contribution in [1.29, 1.82) is 0 Å². The number of halogens is 1. The molecule has 0 spiro atoms. The number of aliphatic imine (C=N–C) groups is 1. The van der Waals surface area contributed by atoms with Crippen LogP contribution in [0.3, 0.4) is 0 Å². The molecule has 1 aromatic carbocycles. The average Bonchev–Trinajstić information content (AvgIpc) is 2.67. The Morgan fingerprint density at radius 2 is 1.81 bits per heavy atom. The molecule has 0 radical (unpaired) electrons. The third-order valence-corrected chi connectivity index (χ3v) is 5.86. The molecule has 2 aliphatic rings. The van der Waals surface area contributed by atoms with Gasteiger partial charge in [0, 0.05) is 51.9 Å². The van der Waals surface area contributed by atoms with Crippen molar-refractivity contribution < 1.29 is 0 Å². The molecule has 1 unspecified atom stereocenters. The van der Waals surface area contributed by atoms with E-state index in [9.17, 15) is 0 Å². The van der Waals surface area contributed by atoms with Crippen molar-refractivity contribution in [3.05, 3.63) is 35.9 Å². The van der Waals surface area contributed by atoms with Gasteiger partial charge in [0.15, 0.2) is 5.96 Å². The summed E-state index contributed by atoms with van der Waals surface area (Å²) in [6, 6.07) is 11.4. The molecule has 27 heavy (non-hydrogen) atoms. The minimum absolute atomic E-state index is 0. The lowest BCUT2D eigenvalue weighted by Crippen LogP contribution is -2.47. The van der Waals surface area contributed by atoms with Gasteiger partial charge in [0.2, 0.25) is 0 Å². The molecule has 2 fully saturated rings. The highest BCUT2D eigenvalue weighted by Gasteiger charge is 2.26. The van der Waals surface area contributed by atoms with Crippen LogP contribution in [0.1, 0.15) is 37.8 Å². The highest BCUT2D eigenvalue weighted by molar-refractivity contribution is 14.0. The standard InChI is InChI=1S/C21H35N5.HI/c1-18-9-13-26(14-10-18)21(22)23-11-6-12-25-16-15-24(2)17-20(25)19-7-4-3-5-8-19;/h3-5,7-8,18,20H,6,9-17H2,1-2H3,(H2,22,23);1H. The first-order valence-corrected chi connectivity index (χ1v) is 10.2. The number of piperazine rings is 1. The van der Waals surface area contributed by atoms with Crippen LogP contribution in [0.25, 0.3) is 0 Å². The van der Waals surface area contributed by atoms with Gasteiger partial charge in [0.05, 0.1) is 0 Å². The second kappa shape index (κ2) is 11.2. The van der Waals surface area contributed by atoms with E-state index in [1.165, 1.54) is 18.4 Å². The molecule has 2 aliphatic heterocycles. The van der Waals surface area contributed by atoms with E-state index in [0.29, 0.717) is 6.04 Å². The number of hydrogen-bond donors (Lipinski definition) is 1. The summed E-state index contributed by atoms with van der Waals surface area (Å²) in [6.45, 7) is 9.72. The fourth-order valence-electron chi connectivity index (χ4n) is 4.02.